The Kier molecular flexibility index (Phi) is 2.98. The van der Waals surface area contributed by atoms with Crippen LogP contribution in [0.5, 0.6) is 0 Å². The van der Waals surface area contributed by atoms with E-state index in [1.807, 2.05) is 0 Å². The van der Waals surface area contributed by atoms with Gasteiger partial charge in [-0.1, -0.05) is 0 Å². The third-order valence-corrected chi connectivity index (χ3v) is 2.37. The first-order valence-corrected chi connectivity index (χ1v) is 4.88. The topological polar surface area (TPSA) is 64.3 Å². The summed E-state index contributed by atoms with van der Waals surface area (Å²) in [6, 6.07) is 6.62. The van der Waals surface area contributed by atoms with E-state index in [-0.39, 0.29) is 12.1 Å². The summed E-state index contributed by atoms with van der Waals surface area (Å²) >= 11 is 0. The Morgan fingerprint density at radius 2 is 2.31 bits per heavy atom. The fourth-order valence-corrected chi connectivity index (χ4v) is 1.54. The van der Waals surface area contributed by atoms with Crippen molar-refractivity contribution in [1.82, 2.24) is 9.55 Å². The lowest BCUT2D eigenvalue weighted by Gasteiger charge is -2.12. The predicted molar refractivity (Wildman–Crippen MR) is 59.0 cm³/mol. The number of hydrogen-bond donors (Lipinski definition) is 1. The molecule has 2 heterocycles. The Bertz CT molecular complexity index is 550. The molecule has 5 nitrogen and oxygen atoms in total. The van der Waals surface area contributed by atoms with E-state index >= 15 is 0 Å². The Hall–Kier alpha value is -1.72. The molecule has 0 amide bonds. The van der Waals surface area contributed by atoms with Crippen LogP contribution in [0.4, 0.5) is 0 Å². The molecule has 0 saturated heterocycles. The number of nitrogens with zero attached hydrogens (tertiary/aromatic N) is 2. The van der Waals surface area contributed by atoms with Gasteiger partial charge in [0.05, 0.1) is 17.6 Å². The van der Waals surface area contributed by atoms with E-state index in [1.165, 1.54) is 17.7 Å². The average molecular weight is 220 g/mol. The summed E-state index contributed by atoms with van der Waals surface area (Å²) in [5.74, 6) is 0. The molecule has 0 aliphatic carbocycles. The normalized spacial score (nSPS) is 12.9. The molecule has 2 aromatic rings. The van der Waals surface area contributed by atoms with Gasteiger partial charge in [-0.25, -0.2) is 0 Å². The highest BCUT2D eigenvalue weighted by Crippen LogP contribution is 2.08. The van der Waals surface area contributed by atoms with Crippen molar-refractivity contribution < 1.29 is 9.84 Å². The van der Waals surface area contributed by atoms with Gasteiger partial charge in [0.1, 0.15) is 0 Å². The number of rotatable bonds is 3. The average Bonchev–Trinajstić information content (AvgIpc) is 2.32. The number of aromatic nitrogens is 2. The number of hydrogen-bond acceptors (Lipinski definition) is 4. The molecule has 5 heteroatoms. The Morgan fingerprint density at radius 1 is 1.50 bits per heavy atom. The summed E-state index contributed by atoms with van der Waals surface area (Å²) < 4.78 is 6.17. The van der Waals surface area contributed by atoms with Crippen molar-refractivity contribution >= 4 is 11.0 Å². The molecule has 1 unspecified atom stereocenters. The van der Waals surface area contributed by atoms with Gasteiger partial charge in [-0.3, -0.25) is 9.78 Å². The highest BCUT2D eigenvalue weighted by Gasteiger charge is 2.08. The molecular formula is C11H12N2O3. The summed E-state index contributed by atoms with van der Waals surface area (Å²) in [5.41, 5.74) is 1.22. The minimum absolute atomic E-state index is 0.0956. The van der Waals surface area contributed by atoms with E-state index in [0.717, 1.165) is 0 Å². The molecule has 2 aromatic heterocycles. The maximum Gasteiger partial charge on any atom is 0.251 e. The summed E-state index contributed by atoms with van der Waals surface area (Å²) in [6.07, 6.45) is 0.660. The van der Waals surface area contributed by atoms with Crippen LogP contribution in [-0.4, -0.2) is 28.1 Å². The number of aliphatic hydroxyl groups excluding tert-OH is 1. The van der Waals surface area contributed by atoms with Gasteiger partial charge < -0.3 is 14.4 Å². The first-order chi connectivity index (χ1) is 7.72. The minimum atomic E-state index is -0.997. The number of fused-ring (bicyclic) bond motifs is 1. The molecule has 0 aliphatic rings. The molecule has 0 spiro atoms. The van der Waals surface area contributed by atoms with Crippen LogP contribution in [-0.2, 0) is 11.3 Å². The van der Waals surface area contributed by atoms with Crippen LogP contribution in [0.2, 0.25) is 0 Å². The molecule has 1 atom stereocenters. The quantitative estimate of drug-likeness (QED) is 0.758. The lowest BCUT2D eigenvalue weighted by atomic mass is 10.3. The van der Waals surface area contributed by atoms with Crippen molar-refractivity contribution in [3.05, 3.63) is 40.8 Å². The van der Waals surface area contributed by atoms with Crippen molar-refractivity contribution in [2.45, 2.75) is 12.8 Å². The van der Waals surface area contributed by atoms with E-state index in [0.29, 0.717) is 11.0 Å². The van der Waals surface area contributed by atoms with Gasteiger partial charge in [0.25, 0.3) is 5.56 Å². The fourth-order valence-electron chi connectivity index (χ4n) is 1.54. The third-order valence-electron chi connectivity index (χ3n) is 2.37. The molecule has 84 valence electrons. The van der Waals surface area contributed by atoms with Gasteiger partial charge >= 0.3 is 0 Å². The summed E-state index contributed by atoms with van der Waals surface area (Å²) in [6.45, 7) is 0.0956. The Labute approximate surface area is 91.9 Å². The molecule has 16 heavy (non-hydrogen) atoms. The van der Waals surface area contributed by atoms with Crippen LogP contribution in [0.1, 0.15) is 0 Å². The third kappa shape index (κ3) is 1.95. The number of aliphatic hydroxyl groups is 1. The van der Waals surface area contributed by atoms with Crippen LogP contribution in [0.25, 0.3) is 11.0 Å². The monoisotopic (exact) mass is 220 g/mol. The van der Waals surface area contributed by atoms with Gasteiger partial charge in [0.15, 0.2) is 6.29 Å². The number of pyridine rings is 2. The van der Waals surface area contributed by atoms with Crippen LogP contribution >= 0.6 is 0 Å². The predicted octanol–water partition coefficient (Wildman–Crippen LogP) is 0.361. The van der Waals surface area contributed by atoms with Crippen LogP contribution in [0.15, 0.2) is 35.3 Å². The van der Waals surface area contributed by atoms with Crippen molar-refractivity contribution in [2.24, 2.45) is 0 Å². The zero-order valence-electron chi connectivity index (χ0n) is 8.83. The molecule has 0 radical (unpaired) electrons. The minimum Gasteiger partial charge on any atom is -0.366 e. The summed E-state index contributed by atoms with van der Waals surface area (Å²) in [4.78, 5) is 15.8. The maximum atomic E-state index is 11.7. The number of ether oxygens (including phenoxy) is 1. The summed E-state index contributed by atoms with van der Waals surface area (Å²) in [5, 5.41) is 9.39. The van der Waals surface area contributed by atoms with Gasteiger partial charge in [-0.15, -0.1) is 0 Å². The van der Waals surface area contributed by atoms with Crippen LogP contribution < -0.4 is 5.56 Å². The zero-order valence-corrected chi connectivity index (χ0v) is 8.83. The zero-order chi connectivity index (χ0) is 11.5. The molecule has 0 aliphatic heterocycles. The van der Waals surface area contributed by atoms with Gasteiger partial charge in [0, 0.05) is 19.4 Å². The highest BCUT2D eigenvalue weighted by atomic mass is 16.6. The van der Waals surface area contributed by atoms with Gasteiger partial charge in [-0.05, 0) is 18.2 Å². The van der Waals surface area contributed by atoms with Gasteiger partial charge in [-0.2, -0.15) is 0 Å². The summed E-state index contributed by atoms with van der Waals surface area (Å²) in [7, 11) is 1.39. The van der Waals surface area contributed by atoms with E-state index in [4.69, 9.17) is 4.74 Å². The van der Waals surface area contributed by atoms with Crippen LogP contribution in [0, 0.1) is 0 Å². The van der Waals surface area contributed by atoms with Crippen molar-refractivity contribution in [1.29, 1.82) is 0 Å². The van der Waals surface area contributed by atoms with E-state index < -0.39 is 6.29 Å². The van der Waals surface area contributed by atoms with E-state index in [1.54, 1.807) is 24.4 Å². The first kappa shape index (κ1) is 10.8. The smallest absolute Gasteiger partial charge is 0.251 e. The number of methoxy groups -OCH3 is 1. The Morgan fingerprint density at radius 3 is 3.06 bits per heavy atom. The SMILES string of the molecule is COC(O)Cn1c(=O)ccc2ncccc21. The standard InChI is InChI=1S/C11H12N2O3/c1-16-11(15)7-13-9-3-2-6-12-8(9)4-5-10(13)14/h2-6,11,15H,7H2,1H3. The lowest BCUT2D eigenvalue weighted by Crippen LogP contribution is -2.27. The molecule has 0 bridgehead atoms. The van der Waals surface area contributed by atoms with Crippen LogP contribution in [0.3, 0.4) is 0 Å². The van der Waals surface area contributed by atoms with E-state index in [2.05, 4.69) is 4.98 Å². The van der Waals surface area contributed by atoms with Crippen molar-refractivity contribution in [2.75, 3.05) is 7.11 Å². The Balaban J connectivity index is 2.57. The molecule has 1 N–H and O–H groups in total. The largest absolute Gasteiger partial charge is 0.366 e. The fraction of sp³-hybridized carbons (Fsp3) is 0.273. The van der Waals surface area contributed by atoms with Crippen molar-refractivity contribution in [3.8, 4) is 0 Å². The molecular weight excluding hydrogens is 208 g/mol. The molecule has 2 rings (SSSR count). The lowest BCUT2D eigenvalue weighted by molar-refractivity contribution is -0.0832. The second kappa shape index (κ2) is 4.42. The molecule has 0 fully saturated rings. The second-order valence-corrected chi connectivity index (χ2v) is 3.38. The molecule has 0 aromatic carbocycles. The van der Waals surface area contributed by atoms with Gasteiger partial charge in [0.2, 0.25) is 0 Å². The maximum absolute atomic E-state index is 11.7. The van der Waals surface area contributed by atoms with Crippen molar-refractivity contribution in [3.63, 3.8) is 0 Å². The van der Waals surface area contributed by atoms with E-state index in [9.17, 15) is 9.90 Å². The highest BCUT2D eigenvalue weighted by molar-refractivity contribution is 5.73. The second-order valence-electron chi connectivity index (χ2n) is 3.38. The first-order valence-electron chi connectivity index (χ1n) is 4.88. The molecule has 0 saturated carbocycles.